The van der Waals surface area contributed by atoms with E-state index in [1.165, 1.54) is 135 Å². The molecule has 290 valence electrons. The first-order valence-corrected chi connectivity index (χ1v) is 20.9. The monoisotopic (exact) mass is 697 g/mol. The Kier molecular flexibility index (Phi) is 38.2. The SMILES string of the molecule is CCCCCCCCC=CCCCCCCCC(=O)OCC(CO)OC(CO)COC(=O)CCCCCCCCCCCCCCCCC. The fourth-order valence-electron chi connectivity index (χ4n) is 6.04. The van der Waals surface area contributed by atoms with E-state index in [4.69, 9.17) is 14.2 Å². The number of carbonyl (C=O) groups is 2. The molecule has 0 fully saturated rings. The van der Waals surface area contributed by atoms with Gasteiger partial charge in [-0.3, -0.25) is 9.59 Å². The van der Waals surface area contributed by atoms with E-state index in [-0.39, 0.29) is 38.4 Å². The zero-order valence-corrected chi connectivity index (χ0v) is 32.3. The maximum absolute atomic E-state index is 12.2. The quantitative estimate of drug-likeness (QED) is 0.0374. The van der Waals surface area contributed by atoms with Crippen molar-refractivity contribution in [2.24, 2.45) is 0 Å². The Morgan fingerprint density at radius 3 is 1.04 bits per heavy atom. The van der Waals surface area contributed by atoms with Gasteiger partial charge in [0, 0.05) is 12.8 Å². The van der Waals surface area contributed by atoms with Gasteiger partial charge in [-0.15, -0.1) is 0 Å². The van der Waals surface area contributed by atoms with Crippen LogP contribution in [-0.2, 0) is 23.8 Å². The van der Waals surface area contributed by atoms with Crippen molar-refractivity contribution in [3.63, 3.8) is 0 Å². The normalized spacial score (nSPS) is 12.8. The number of rotatable bonds is 39. The fraction of sp³-hybridized carbons (Fsp3) is 0.905. The van der Waals surface area contributed by atoms with Gasteiger partial charge in [0.1, 0.15) is 25.4 Å². The van der Waals surface area contributed by atoms with Crippen molar-refractivity contribution < 1.29 is 34.0 Å². The molecule has 0 radical (unpaired) electrons. The lowest BCUT2D eigenvalue weighted by Crippen LogP contribution is -2.35. The lowest BCUT2D eigenvalue weighted by molar-refractivity contribution is -0.160. The molecule has 2 atom stereocenters. The second-order valence-corrected chi connectivity index (χ2v) is 14.1. The summed E-state index contributed by atoms with van der Waals surface area (Å²) < 4.78 is 16.3. The van der Waals surface area contributed by atoms with E-state index in [1.807, 2.05) is 0 Å². The zero-order valence-electron chi connectivity index (χ0n) is 32.3. The minimum absolute atomic E-state index is 0.0898. The van der Waals surface area contributed by atoms with E-state index in [0.29, 0.717) is 12.8 Å². The number of allylic oxidation sites excluding steroid dienone is 2. The van der Waals surface area contributed by atoms with Gasteiger partial charge in [0.05, 0.1) is 13.2 Å². The molecule has 0 aliphatic heterocycles. The Bertz CT molecular complexity index is 726. The van der Waals surface area contributed by atoms with Crippen LogP contribution in [-0.4, -0.2) is 60.8 Å². The van der Waals surface area contributed by atoms with E-state index in [2.05, 4.69) is 26.0 Å². The van der Waals surface area contributed by atoms with E-state index < -0.39 is 12.2 Å². The number of esters is 2. The number of hydrogen-bond acceptors (Lipinski definition) is 7. The second kappa shape index (κ2) is 39.3. The molecule has 0 heterocycles. The number of hydrogen-bond donors (Lipinski definition) is 2. The Morgan fingerprint density at radius 2 is 0.735 bits per heavy atom. The molecular formula is C42H80O7. The van der Waals surface area contributed by atoms with E-state index in [9.17, 15) is 19.8 Å². The molecular weight excluding hydrogens is 616 g/mol. The van der Waals surface area contributed by atoms with Gasteiger partial charge in [0.15, 0.2) is 0 Å². The van der Waals surface area contributed by atoms with Gasteiger partial charge in [0.2, 0.25) is 0 Å². The largest absolute Gasteiger partial charge is 0.463 e. The Morgan fingerprint density at radius 1 is 0.449 bits per heavy atom. The van der Waals surface area contributed by atoms with Crippen LogP contribution in [0.25, 0.3) is 0 Å². The molecule has 0 amide bonds. The zero-order chi connectivity index (χ0) is 35.9. The van der Waals surface area contributed by atoms with Crippen LogP contribution in [0.3, 0.4) is 0 Å². The van der Waals surface area contributed by atoms with E-state index in [0.717, 1.165) is 44.9 Å². The number of unbranched alkanes of at least 4 members (excludes halogenated alkanes) is 25. The summed E-state index contributed by atoms with van der Waals surface area (Å²) in [7, 11) is 0. The van der Waals surface area contributed by atoms with Crippen LogP contribution >= 0.6 is 0 Å². The van der Waals surface area contributed by atoms with Gasteiger partial charge in [-0.25, -0.2) is 0 Å². The first-order valence-electron chi connectivity index (χ1n) is 20.9. The minimum atomic E-state index is -0.774. The number of ether oxygens (including phenoxy) is 3. The summed E-state index contributed by atoms with van der Waals surface area (Å²) >= 11 is 0. The molecule has 0 saturated heterocycles. The van der Waals surface area contributed by atoms with Gasteiger partial charge in [-0.1, -0.05) is 167 Å². The van der Waals surface area contributed by atoms with Crippen LogP contribution in [0.4, 0.5) is 0 Å². The topological polar surface area (TPSA) is 102 Å². The van der Waals surface area contributed by atoms with Crippen molar-refractivity contribution in [3.8, 4) is 0 Å². The molecule has 7 heteroatoms. The van der Waals surface area contributed by atoms with Gasteiger partial charge in [0.25, 0.3) is 0 Å². The van der Waals surface area contributed by atoms with Crippen molar-refractivity contribution in [2.45, 2.75) is 219 Å². The smallest absolute Gasteiger partial charge is 0.305 e. The molecule has 0 aromatic heterocycles. The minimum Gasteiger partial charge on any atom is -0.463 e. The van der Waals surface area contributed by atoms with E-state index >= 15 is 0 Å². The summed E-state index contributed by atoms with van der Waals surface area (Å²) in [6.45, 7) is 3.62. The molecule has 0 rings (SSSR count). The predicted octanol–water partition coefficient (Wildman–Crippen LogP) is 11.1. The molecule has 0 aliphatic rings. The standard InChI is InChI=1S/C42H80O7/c1-3-5-7-9-11-13-15-17-19-21-23-25-27-29-31-33-41(45)47-37-39(35-43)49-40(36-44)38-48-42(46)34-32-30-28-26-24-22-20-18-16-14-12-10-8-6-4-2/h17,19,39-40,43-44H,3-16,18,20-38H2,1-2H3. The lowest BCUT2D eigenvalue weighted by Gasteiger charge is -2.22. The molecule has 2 N–H and O–H groups in total. The Balaban J connectivity index is 3.72. The molecule has 0 saturated carbocycles. The van der Waals surface area contributed by atoms with Crippen LogP contribution in [0.1, 0.15) is 206 Å². The summed E-state index contributed by atoms with van der Waals surface area (Å²) in [5.74, 6) is -0.612. The average molecular weight is 697 g/mol. The van der Waals surface area contributed by atoms with Crippen LogP contribution in [0.15, 0.2) is 12.2 Å². The molecule has 49 heavy (non-hydrogen) atoms. The van der Waals surface area contributed by atoms with Gasteiger partial charge in [-0.2, -0.15) is 0 Å². The van der Waals surface area contributed by atoms with Crippen LogP contribution in [0, 0.1) is 0 Å². The highest BCUT2D eigenvalue weighted by molar-refractivity contribution is 5.69. The highest BCUT2D eigenvalue weighted by atomic mass is 16.6. The van der Waals surface area contributed by atoms with Crippen molar-refractivity contribution >= 4 is 11.9 Å². The highest BCUT2D eigenvalue weighted by Crippen LogP contribution is 2.15. The molecule has 0 spiro atoms. The number of aliphatic hydroxyl groups is 2. The summed E-state index contributed by atoms with van der Waals surface area (Å²) in [6.07, 6.45) is 38.6. The molecule has 0 aromatic rings. The average Bonchev–Trinajstić information content (AvgIpc) is 3.11. The lowest BCUT2D eigenvalue weighted by atomic mass is 10.0. The van der Waals surface area contributed by atoms with Gasteiger partial charge in [-0.05, 0) is 38.5 Å². The number of carbonyl (C=O) groups excluding carboxylic acids is 2. The maximum Gasteiger partial charge on any atom is 0.305 e. The van der Waals surface area contributed by atoms with Crippen molar-refractivity contribution in [1.82, 2.24) is 0 Å². The molecule has 2 unspecified atom stereocenters. The van der Waals surface area contributed by atoms with Crippen LogP contribution in [0.2, 0.25) is 0 Å². The van der Waals surface area contributed by atoms with Gasteiger partial charge >= 0.3 is 11.9 Å². The van der Waals surface area contributed by atoms with Crippen LogP contribution < -0.4 is 0 Å². The third-order valence-corrected chi connectivity index (χ3v) is 9.28. The van der Waals surface area contributed by atoms with Gasteiger partial charge < -0.3 is 24.4 Å². The highest BCUT2D eigenvalue weighted by Gasteiger charge is 2.19. The van der Waals surface area contributed by atoms with Crippen molar-refractivity contribution in [1.29, 1.82) is 0 Å². The maximum atomic E-state index is 12.2. The first kappa shape index (κ1) is 47.6. The fourth-order valence-corrected chi connectivity index (χ4v) is 6.04. The molecule has 0 aromatic carbocycles. The van der Waals surface area contributed by atoms with Crippen molar-refractivity contribution in [2.75, 3.05) is 26.4 Å². The summed E-state index contributed by atoms with van der Waals surface area (Å²) in [4.78, 5) is 24.3. The summed E-state index contributed by atoms with van der Waals surface area (Å²) in [6, 6.07) is 0. The predicted molar refractivity (Wildman–Crippen MR) is 204 cm³/mol. The van der Waals surface area contributed by atoms with Crippen LogP contribution in [0.5, 0.6) is 0 Å². The molecule has 0 bridgehead atoms. The Hall–Kier alpha value is -1.44. The second-order valence-electron chi connectivity index (χ2n) is 14.1. The third kappa shape index (κ3) is 36.2. The molecule has 7 nitrogen and oxygen atoms in total. The summed E-state index contributed by atoms with van der Waals surface area (Å²) in [5.41, 5.74) is 0. The molecule has 0 aliphatic carbocycles. The van der Waals surface area contributed by atoms with E-state index in [1.54, 1.807) is 0 Å². The van der Waals surface area contributed by atoms with Crippen molar-refractivity contribution in [3.05, 3.63) is 12.2 Å². The Labute approximate surface area is 302 Å². The first-order chi connectivity index (χ1) is 24.1. The third-order valence-electron chi connectivity index (χ3n) is 9.28. The number of aliphatic hydroxyl groups excluding tert-OH is 2. The summed E-state index contributed by atoms with van der Waals surface area (Å²) in [5, 5.41) is 19.3.